The summed E-state index contributed by atoms with van der Waals surface area (Å²) >= 11 is 0. The van der Waals surface area contributed by atoms with Crippen LogP contribution in [-0.4, -0.2) is 21.5 Å². The van der Waals surface area contributed by atoms with Gasteiger partial charge >= 0.3 is 0 Å². The molecule has 1 fully saturated rings. The van der Waals surface area contributed by atoms with Gasteiger partial charge in [-0.25, -0.2) is 13.1 Å². The maximum Gasteiger partial charge on any atom is 0.240 e. The normalized spacial score (nSPS) is 17.0. The van der Waals surface area contributed by atoms with E-state index in [0.717, 1.165) is 36.1 Å². The standard InChI is InChI=1S/C16H26N2O2S/c1-5-17-10-14-9-15(13(3)8-12(14)2)21(19,20)18-11-16(4)6-7-16/h8-9,17-18H,5-7,10-11H2,1-4H3. The van der Waals surface area contributed by atoms with E-state index in [-0.39, 0.29) is 5.41 Å². The van der Waals surface area contributed by atoms with E-state index in [1.54, 1.807) is 0 Å². The maximum atomic E-state index is 12.5. The van der Waals surface area contributed by atoms with Crippen LogP contribution in [0.5, 0.6) is 0 Å². The van der Waals surface area contributed by atoms with Crippen molar-refractivity contribution < 1.29 is 8.42 Å². The number of sulfonamides is 1. The molecule has 0 heterocycles. The summed E-state index contributed by atoms with van der Waals surface area (Å²) in [4.78, 5) is 0.408. The molecule has 1 aromatic carbocycles. The minimum Gasteiger partial charge on any atom is -0.313 e. The lowest BCUT2D eigenvalue weighted by atomic mass is 10.1. The molecule has 0 radical (unpaired) electrons. The van der Waals surface area contributed by atoms with E-state index in [1.807, 2.05) is 32.9 Å². The number of nitrogens with one attached hydrogen (secondary N) is 2. The minimum atomic E-state index is -3.43. The molecule has 21 heavy (non-hydrogen) atoms. The Morgan fingerprint density at radius 2 is 1.86 bits per heavy atom. The number of benzene rings is 1. The third-order valence-electron chi connectivity index (χ3n) is 4.28. The number of hydrogen-bond donors (Lipinski definition) is 2. The van der Waals surface area contributed by atoms with Crippen LogP contribution in [0.3, 0.4) is 0 Å². The average Bonchev–Trinajstić information content (AvgIpc) is 3.14. The number of rotatable bonds is 7. The molecule has 0 saturated heterocycles. The molecule has 2 rings (SSSR count). The molecule has 118 valence electrons. The Bertz CT molecular complexity index is 619. The highest BCUT2D eigenvalue weighted by atomic mass is 32.2. The molecular formula is C16H26N2O2S. The van der Waals surface area contributed by atoms with Crippen LogP contribution in [0.1, 0.15) is 43.4 Å². The van der Waals surface area contributed by atoms with Gasteiger partial charge in [-0.15, -0.1) is 0 Å². The summed E-state index contributed by atoms with van der Waals surface area (Å²) in [7, 11) is -3.43. The van der Waals surface area contributed by atoms with Gasteiger partial charge in [-0.2, -0.15) is 0 Å². The van der Waals surface area contributed by atoms with Crippen LogP contribution in [0.25, 0.3) is 0 Å². The van der Waals surface area contributed by atoms with Crippen molar-refractivity contribution in [3.05, 3.63) is 28.8 Å². The molecule has 0 atom stereocenters. The first-order chi connectivity index (χ1) is 9.77. The summed E-state index contributed by atoms with van der Waals surface area (Å²) in [6, 6.07) is 3.77. The van der Waals surface area contributed by atoms with Crippen molar-refractivity contribution in [1.82, 2.24) is 10.0 Å². The first-order valence-corrected chi connectivity index (χ1v) is 9.06. The number of hydrogen-bond acceptors (Lipinski definition) is 3. The van der Waals surface area contributed by atoms with Crippen LogP contribution in [0.4, 0.5) is 0 Å². The van der Waals surface area contributed by atoms with E-state index in [9.17, 15) is 8.42 Å². The molecule has 0 bridgehead atoms. The second-order valence-electron chi connectivity index (χ2n) is 6.46. The summed E-state index contributed by atoms with van der Waals surface area (Å²) in [6.45, 7) is 10.1. The van der Waals surface area contributed by atoms with Crippen molar-refractivity contribution in [1.29, 1.82) is 0 Å². The second kappa shape index (κ2) is 6.07. The van der Waals surface area contributed by atoms with E-state index in [2.05, 4.69) is 17.0 Å². The second-order valence-corrected chi connectivity index (χ2v) is 8.20. The van der Waals surface area contributed by atoms with Gasteiger partial charge in [0.1, 0.15) is 0 Å². The zero-order valence-electron chi connectivity index (χ0n) is 13.4. The van der Waals surface area contributed by atoms with E-state index in [4.69, 9.17) is 0 Å². The highest BCUT2D eigenvalue weighted by molar-refractivity contribution is 7.89. The Kier molecular flexibility index (Phi) is 4.76. The Morgan fingerprint density at radius 1 is 1.19 bits per heavy atom. The summed E-state index contributed by atoms with van der Waals surface area (Å²) in [5.41, 5.74) is 3.14. The Balaban J connectivity index is 2.24. The van der Waals surface area contributed by atoms with Crippen LogP contribution < -0.4 is 10.0 Å². The van der Waals surface area contributed by atoms with Crippen molar-refractivity contribution in [2.45, 2.75) is 52.0 Å². The first-order valence-electron chi connectivity index (χ1n) is 7.58. The molecular weight excluding hydrogens is 284 g/mol. The SMILES string of the molecule is CCNCc1cc(S(=O)(=O)NCC2(C)CC2)c(C)cc1C. The van der Waals surface area contributed by atoms with Crippen LogP contribution >= 0.6 is 0 Å². The van der Waals surface area contributed by atoms with Crippen LogP contribution in [0.2, 0.25) is 0 Å². The summed E-state index contributed by atoms with van der Waals surface area (Å²) in [5, 5.41) is 3.25. The average molecular weight is 310 g/mol. The van der Waals surface area contributed by atoms with Gasteiger partial charge in [0, 0.05) is 13.1 Å². The monoisotopic (exact) mass is 310 g/mol. The highest BCUT2D eigenvalue weighted by Crippen LogP contribution is 2.44. The lowest BCUT2D eigenvalue weighted by molar-refractivity contribution is 0.530. The van der Waals surface area contributed by atoms with Crippen molar-refractivity contribution in [2.24, 2.45) is 5.41 Å². The predicted molar refractivity (Wildman–Crippen MR) is 85.8 cm³/mol. The van der Waals surface area contributed by atoms with Crippen molar-refractivity contribution >= 4 is 10.0 Å². The molecule has 0 amide bonds. The largest absolute Gasteiger partial charge is 0.313 e. The van der Waals surface area contributed by atoms with Gasteiger partial charge in [0.05, 0.1) is 4.90 Å². The fourth-order valence-electron chi connectivity index (χ4n) is 2.35. The molecule has 0 unspecified atom stereocenters. The Labute approximate surface area is 128 Å². The zero-order valence-corrected chi connectivity index (χ0v) is 14.2. The van der Waals surface area contributed by atoms with Crippen molar-refractivity contribution in [2.75, 3.05) is 13.1 Å². The topological polar surface area (TPSA) is 58.2 Å². The molecule has 0 spiro atoms. The molecule has 1 aliphatic rings. The Hall–Kier alpha value is -0.910. The van der Waals surface area contributed by atoms with Gasteiger partial charge < -0.3 is 5.32 Å². The molecule has 1 saturated carbocycles. The van der Waals surface area contributed by atoms with Crippen molar-refractivity contribution in [3.8, 4) is 0 Å². The fraction of sp³-hybridized carbons (Fsp3) is 0.625. The fourth-order valence-corrected chi connectivity index (χ4v) is 3.83. The van der Waals surface area contributed by atoms with Crippen LogP contribution in [0, 0.1) is 19.3 Å². The lowest BCUT2D eigenvalue weighted by Gasteiger charge is -2.15. The van der Waals surface area contributed by atoms with Gasteiger partial charge in [0.15, 0.2) is 0 Å². The summed E-state index contributed by atoms with van der Waals surface area (Å²) < 4.78 is 27.8. The molecule has 2 N–H and O–H groups in total. The zero-order chi connectivity index (χ0) is 15.7. The maximum absolute atomic E-state index is 12.5. The Morgan fingerprint density at radius 3 is 2.43 bits per heavy atom. The van der Waals surface area contributed by atoms with Crippen LogP contribution in [0.15, 0.2) is 17.0 Å². The van der Waals surface area contributed by atoms with E-state index < -0.39 is 10.0 Å². The molecule has 0 aromatic heterocycles. The van der Waals surface area contributed by atoms with Gasteiger partial charge in [0.2, 0.25) is 10.0 Å². The smallest absolute Gasteiger partial charge is 0.240 e. The first kappa shape index (κ1) is 16.5. The van der Waals surface area contributed by atoms with Gasteiger partial charge in [-0.05, 0) is 61.4 Å². The minimum absolute atomic E-state index is 0.165. The van der Waals surface area contributed by atoms with Crippen LogP contribution in [-0.2, 0) is 16.6 Å². The highest BCUT2D eigenvalue weighted by Gasteiger charge is 2.38. The third-order valence-corrected chi connectivity index (χ3v) is 5.82. The molecule has 5 heteroatoms. The molecule has 4 nitrogen and oxygen atoms in total. The van der Waals surface area contributed by atoms with Gasteiger partial charge in [-0.1, -0.05) is 19.9 Å². The third kappa shape index (κ3) is 4.05. The lowest BCUT2D eigenvalue weighted by Crippen LogP contribution is -2.30. The quantitative estimate of drug-likeness (QED) is 0.813. The molecule has 1 aromatic rings. The van der Waals surface area contributed by atoms with E-state index in [1.165, 1.54) is 0 Å². The van der Waals surface area contributed by atoms with Gasteiger partial charge in [-0.3, -0.25) is 0 Å². The molecule has 1 aliphatic carbocycles. The van der Waals surface area contributed by atoms with E-state index >= 15 is 0 Å². The molecule has 0 aliphatic heterocycles. The number of aryl methyl sites for hydroxylation is 2. The summed E-state index contributed by atoms with van der Waals surface area (Å²) in [6.07, 6.45) is 2.21. The van der Waals surface area contributed by atoms with Crippen molar-refractivity contribution in [3.63, 3.8) is 0 Å². The predicted octanol–water partition coefficient (Wildman–Crippen LogP) is 2.49. The van der Waals surface area contributed by atoms with E-state index in [0.29, 0.717) is 18.0 Å². The van der Waals surface area contributed by atoms with Gasteiger partial charge in [0.25, 0.3) is 0 Å². The summed E-state index contributed by atoms with van der Waals surface area (Å²) in [5.74, 6) is 0.